The van der Waals surface area contributed by atoms with Gasteiger partial charge in [0.1, 0.15) is 5.75 Å². The number of ether oxygens (including phenoxy) is 1. The summed E-state index contributed by atoms with van der Waals surface area (Å²) < 4.78 is 34.6. The van der Waals surface area contributed by atoms with Gasteiger partial charge in [-0.3, -0.25) is 4.68 Å². The van der Waals surface area contributed by atoms with Crippen molar-refractivity contribution in [2.24, 2.45) is 0 Å². The van der Waals surface area contributed by atoms with Crippen LogP contribution in [0.2, 0.25) is 0 Å². The molecule has 0 aliphatic carbocycles. The molecule has 0 radical (unpaired) electrons. The fraction of sp³-hybridized carbons (Fsp3) is 0.400. The van der Waals surface area contributed by atoms with Crippen molar-refractivity contribution in [2.45, 2.75) is 38.3 Å². The van der Waals surface area contributed by atoms with Crippen LogP contribution >= 0.6 is 0 Å². The van der Waals surface area contributed by atoms with Gasteiger partial charge in [-0.2, -0.15) is 5.10 Å². The zero-order chi connectivity index (χ0) is 16.2. The first kappa shape index (κ1) is 16.5. The fourth-order valence-electron chi connectivity index (χ4n) is 2.17. The number of nitrogens with one attached hydrogen (secondary N) is 1. The molecule has 0 spiro atoms. The molecule has 0 aliphatic heterocycles. The molecule has 120 valence electrons. The summed E-state index contributed by atoms with van der Waals surface area (Å²) >= 11 is 0. The van der Waals surface area contributed by atoms with Crippen molar-refractivity contribution in [3.63, 3.8) is 0 Å². The van der Waals surface area contributed by atoms with E-state index < -0.39 is 10.0 Å². The van der Waals surface area contributed by atoms with Crippen LogP contribution in [-0.2, 0) is 16.6 Å². The third-order valence-electron chi connectivity index (χ3n) is 3.13. The van der Waals surface area contributed by atoms with E-state index >= 15 is 0 Å². The van der Waals surface area contributed by atoms with Gasteiger partial charge in [0.25, 0.3) is 0 Å². The molecule has 0 saturated heterocycles. The molecule has 0 saturated carbocycles. The maximum atomic E-state index is 12.4. The summed E-state index contributed by atoms with van der Waals surface area (Å²) in [6, 6.07) is 6.40. The van der Waals surface area contributed by atoms with Crippen molar-refractivity contribution in [3.05, 3.63) is 42.2 Å². The van der Waals surface area contributed by atoms with Crippen LogP contribution in [0.5, 0.6) is 5.75 Å². The molecule has 1 unspecified atom stereocenters. The van der Waals surface area contributed by atoms with Gasteiger partial charge < -0.3 is 4.74 Å². The molecule has 0 bridgehead atoms. The highest BCUT2D eigenvalue weighted by molar-refractivity contribution is 7.89. The smallest absolute Gasteiger partial charge is 0.240 e. The van der Waals surface area contributed by atoms with Crippen molar-refractivity contribution >= 4 is 10.0 Å². The predicted molar refractivity (Wildman–Crippen MR) is 84.4 cm³/mol. The van der Waals surface area contributed by atoms with Crippen LogP contribution in [0.3, 0.4) is 0 Å². The Kier molecular flexibility index (Phi) is 5.20. The minimum atomic E-state index is -3.56. The molecule has 7 heteroatoms. The molecule has 0 amide bonds. The van der Waals surface area contributed by atoms with Gasteiger partial charge in [-0.05, 0) is 50.6 Å². The summed E-state index contributed by atoms with van der Waals surface area (Å²) in [5.74, 6) is 0.700. The Morgan fingerprint density at radius 3 is 2.77 bits per heavy atom. The van der Waals surface area contributed by atoms with Gasteiger partial charge in [0, 0.05) is 18.4 Å². The lowest BCUT2D eigenvalue weighted by molar-refractivity contribution is 0.337. The minimum Gasteiger partial charge on any atom is -0.494 e. The van der Waals surface area contributed by atoms with Crippen LogP contribution in [-0.4, -0.2) is 30.8 Å². The molecule has 22 heavy (non-hydrogen) atoms. The Morgan fingerprint density at radius 1 is 1.41 bits per heavy atom. The number of rotatable bonds is 7. The summed E-state index contributed by atoms with van der Waals surface area (Å²) in [6.45, 7) is 6.55. The number of benzene rings is 1. The van der Waals surface area contributed by atoms with Gasteiger partial charge in [-0.15, -0.1) is 0 Å². The lowest BCUT2D eigenvalue weighted by Crippen LogP contribution is -2.35. The Bertz CT molecular complexity index is 712. The second kappa shape index (κ2) is 6.93. The van der Waals surface area contributed by atoms with E-state index in [1.807, 2.05) is 13.8 Å². The fourth-order valence-corrected chi connectivity index (χ4v) is 3.49. The molecule has 1 N–H and O–H groups in total. The summed E-state index contributed by atoms with van der Waals surface area (Å²) in [5.41, 5.74) is 0.796. The van der Waals surface area contributed by atoms with Gasteiger partial charge in [0.15, 0.2) is 0 Å². The van der Waals surface area contributed by atoms with E-state index in [0.717, 1.165) is 5.56 Å². The normalized spacial score (nSPS) is 13.0. The molecular weight excluding hydrogens is 302 g/mol. The van der Waals surface area contributed by atoms with E-state index in [2.05, 4.69) is 9.82 Å². The van der Waals surface area contributed by atoms with Gasteiger partial charge in [-0.1, -0.05) is 0 Å². The van der Waals surface area contributed by atoms with E-state index in [0.29, 0.717) is 18.9 Å². The van der Waals surface area contributed by atoms with Crippen LogP contribution in [0.15, 0.2) is 41.6 Å². The number of nitrogens with zero attached hydrogens (tertiary/aromatic N) is 2. The van der Waals surface area contributed by atoms with Gasteiger partial charge in [0.2, 0.25) is 10.0 Å². The first-order valence-electron chi connectivity index (χ1n) is 7.15. The Hall–Kier alpha value is -1.86. The molecule has 2 aromatic rings. The summed E-state index contributed by atoms with van der Waals surface area (Å²) in [6.07, 6.45) is 3.46. The molecular formula is C15H21N3O3S. The van der Waals surface area contributed by atoms with Crippen LogP contribution in [0, 0.1) is 6.92 Å². The first-order chi connectivity index (χ1) is 10.4. The van der Waals surface area contributed by atoms with Crippen LogP contribution in [0.1, 0.15) is 19.4 Å². The monoisotopic (exact) mass is 323 g/mol. The highest BCUT2D eigenvalue weighted by atomic mass is 32.2. The molecule has 2 rings (SSSR count). The Labute approximate surface area is 131 Å². The lowest BCUT2D eigenvalue weighted by atomic mass is 10.2. The number of aromatic nitrogens is 2. The summed E-state index contributed by atoms with van der Waals surface area (Å²) in [5, 5.41) is 4.07. The van der Waals surface area contributed by atoms with E-state index in [-0.39, 0.29) is 10.9 Å². The minimum absolute atomic E-state index is 0.237. The number of sulfonamides is 1. The molecule has 1 heterocycles. The maximum absolute atomic E-state index is 12.4. The SMILES string of the molecule is CCOc1ccc(S(=O)(=O)NC(C)Cn2cccn2)cc1C. The largest absolute Gasteiger partial charge is 0.494 e. The van der Waals surface area contributed by atoms with Crippen molar-refractivity contribution < 1.29 is 13.2 Å². The molecule has 1 atom stereocenters. The highest BCUT2D eigenvalue weighted by Crippen LogP contribution is 2.21. The van der Waals surface area contributed by atoms with Gasteiger partial charge in [-0.25, -0.2) is 13.1 Å². The summed E-state index contributed by atoms with van der Waals surface area (Å²) in [7, 11) is -3.56. The summed E-state index contributed by atoms with van der Waals surface area (Å²) in [4.78, 5) is 0.237. The highest BCUT2D eigenvalue weighted by Gasteiger charge is 2.18. The molecule has 6 nitrogen and oxygen atoms in total. The third-order valence-corrected chi connectivity index (χ3v) is 4.72. The predicted octanol–water partition coefficient (Wildman–Crippen LogP) is 1.96. The standard InChI is InChI=1S/C15H21N3O3S/c1-4-21-15-7-6-14(10-12(15)2)22(19,20)17-13(3)11-18-9-5-8-16-18/h5-10,13,17H,4,11H2,1-3H3. The first-order valence-corrected chi connectivity index (χ1v) is 8.64. The number of aryl methyl sites for hydroxylation is 1. The van der Waals surface area contributed by atoms with Crippen molar-refractivity contribution in [1.29, 1.82) is 0 Å². The van der Waals surface area contributed by atoms with Crippen molar-refractivity contribution in [3.8, 4) is 5.75 Å². The quantitative estimate of drug-likeness (QED) is 0.845. The van der Waals surface area contributed by atoms with Crippen LogP contribution in [0.25, 0.3) is 0 Å². The third kappa shape index (κ3) is 4.08. The maximum Gasteiger partial charge on any atom is 0.240 e. The second-order valence-corrected chi connectivity index (χ2v) is 6.82. The van der Waals surface area contributed by atoms with E-state index in [1.165, 1.54) is 0 Å². The van der Waals surface area contributed by atoms with Crippen molar-refractivity contribution in [2.75, 3.05) is 6.61 Å². The Balaban J connectivity index is 2.11. The molecule has 0 aliphatic rings. The molecule has 0 fully saturated rings. The van der Waals surface area contributed by atoms with E-state index in [1.54, 1.807) is 48.3 Å². The zero-order valence-corrected chi connectivity index (χ0v) is 13.8. The molecule has 1 aromatic heterocycles. The topological polar surface area (TPSA) is 73.2 Å². The average molecular weight is 323 g/mol. The lowest BCUT2D eigenvalue weighted by Gasteiger charge is -2.15. The van der Waals surface area contributed by atoms with Crippen LogP contribution in [0.4, 0.5) is 0 Å². The average Bonchev–Trinajstić information content (AvgIpc) is 2.93. The Morgan fingerprint density at radius 2 is 2.18 bits per heavy atom. The number of hydrogen-bond donors (Lipinski definition) is 1. The number of hydrogen-bond acceptors (Lipinski definition) is 4. The van der Waals surface area contributed by atoms with E-state index in [4.69, 9.17) is 4.74 Å². The molecule has 1 aromatic carbocycles. The van der Waals surface area contributed by atoms with Crippen molar-refractivity contribution in [1.82, 2.24) is 14.5 Å². The zero-order valence-electron chi connectivity index (χ0n) is 13.0. The van der Waals surface area contributed by atoms with Gasteiger partial charge in [0.05, 0.1) is 18.0 Å². The second-order valence-electron chi connectivity index (χ2n) is 5.11. The van der Waals surface area contributed by atoms with Crippen LogP contribution < -0.4 is 9.46 Å². The van der Waals surface area contributed by atoms with E-state index in [9.17, 15) is 8.42 Å². The van der Waals surface area contributed by atoms with Gasteiger partial charge >= 0.3 is 0 Å².